The van der Waals surface area contributed by atoms with Gasteiger partial charge >= 0.3 is 0 Å². The number of nitrogens with one attached hydrogen (secondary N) is 2. The van der Waals surface area contributed by atoms with Crippen molar-refractivity contribution in [2.45, 2.75) is 0 Å². The monoisotopic (exact) mass is 474 g/mol. The zero-order valence-corrected chi connectivity index (χ0v) is 18.0. The van der Waals surface area contributed by atoms with Crippen LogP contribution in [0, 0.1) is 0 Å². The van der Waals surface area contributed by atoms with Gasteiger partial charge in [-0.05, 0) is 36.4 Å². The first kappa shape index (κ1) is 20.6. The largest absolute Gasteiger partial charge is 0.454 e. The van der Waals surface area contributed by atoms with Crippen LogP contribution >= 0.6 is 15.9 Å². The molecule has 1 amide bonds. The van der Waals surface area contributed by atoms with Gasteiger partial charge in [-0.1, -0.05) is 22.0 Å². The van der Waals surface area contributed by atoms with Gasteiger partial charge in [-0.2, -0.15) is 0 Å². The molecule has 0 aliphatic carbocycles. The fourth-order valence-corrected chi connectivity index (χ4v) is 3.56. The number of carbonyl (C=O) groups is 1. The Morgan fingerprint density at radius 1 is 1.10 bits per heavy atom. The molecular weight excluding hydrogens is 452 g/mol. The van der Waals surface area contributed by atoms with E-state index in [-0.39, 0.29) is 12.7 Å². The summed E-state index contributed by atoms with van der Waals surface area (Å²) in [6, 6.07) is 12.8. The quantitative estimate of drug-likeness (QED) is 0.511. The van der Waals surface area contributed by atoms with Crippen molar-refractivity contribution in [1.29, 1.82) is 0 Å². The average molecular weight is 475 g/mol. The summed E-state index contributed by atoms with van der Waals surface area (Å²) in [5.74, 6) is 1.32. The molecule has 0 radical (unpaired) electrons. The number of benzene rings is 2. The number of amides is 1. The van der Waals surface area contributed by atoms with Crippen molar-refractivity contribution in [2.24, 2.45) is 4.99 Å². The van der Waals surface area contributed by atoms with E-state index in [1.165, 1.54) is 0 Å². The fraction of sp³-hybridized carbons (Fsp3) is 0.333. The van der Waals surface area contributed by atoms with Crippen LogP contribution in [-0.2, 0) is 4.74 Å². The molecule has 2 heterocycles. The summed E-state index contributed by atoms with van der Waals surface area (Å²) >= 11 is 3.46. The van der Waals surface area contributed by atoms with Crippen molar-refractivity contribution in [3.63, 3.8) is 0 Å². The molecule has 2 N–H and O–H groups in total. The minimum Gasteiger partial charge on any atom is -0.454 e. The Morgan fingerprint density at radius 2 is 1.93 bits per heavy atom. The van der Waals surface area contributed by atoms with Gasteiger partial charge in [-0.3, -0.25) is 20.0 Å². The van der Waals surface area contributed by atoms with Gasteiger partial charge in [-0.25, -0.2) is 0 Å². The molecule has 2 aromatic rings. The smallest absolute Gasteiger partial charge is 0.258 e. The Labute approximate surface area is 183 Å². The Bertz CT molecular complexity index is 931. The summed E-state index contributed by atoms with van der Waals surface area (Å²) in [5.41, 5.74) is 1.29. The van der Waals surface area contributed by atoms with Gasteiger partial charge in [0.05, 0.1) is 19.8 Å². The fourth-order valence-electron chi connectivity index (χ4n) is 3.16. The first-order valence-electron chi connectivity index (χ1n) is 9.75. The predicted molar refractivity (Wildman–Crippen MR) is 117 cm³/mol. The molecule has 0 saturated carbocycles. The second-order valence-corrected chi connectivity index (χ2v) is 7.76. The maximum Gasteiger partial charge on any atom is 0.258 e. The third-order valence-electron chi connectivity index (χ3n) is 4.74. The number of fused-ring (bicyclic) bond motifs is 1. The zero-order chi connectivity index (χ0) is 20.8. The number of aliphatic imine (C=N–C) groups is 1. The predicted octanol–water partition coefficient (Wildman–Crippen LogP) is 2.71. The third-order valence-corrected chi connectivity index (χ3v) is 5.24. The molecule has 0 bridgehead atoms. The first-order valence-corrected chi connectivity index (χ1v) is 10.5. The highest BCUT2D eigenvalue weighted by atomic mass is 79.9. The summed E-state index contributed by atoms with van der Waals surface area (Å²) in [6.07, 6.45) is 0. The lowest BCUT2D eigenvalue weighted by Gasteiger charge is -2.25. The summed E-state index contributed by atoms with van der Waals surface area (Å²) in [5, 5.41) is 6.07. The normalized spacial score (nSPS) is 16.4. The Hall–Kier alpha value is -2.62. The second kappa shape index (κ2) is 9.92. The van der Waals surface area contributed by atoms with Crippen LogP contribution in [0.4, 0.5) is 5.69 Å². The van der Waals surface area contributed by atoms with E-state index >= 15 is 0 Å². The minimum absolute atomic E-state index is 0.166. The van der Waals surface area contributed by atoms with E-state index in [0.717, 1.165) is 43.0 Å². The van der Waals surface area contributed by atoms with Crippen molar-refractivity contribution in [1.82, 2.24) is 10.2 Å². The highest BCUT2D eigenvalue weighted by molar-refractivity contribution is 9.10. The maximum atomic E-state index is 12.8. The number of nitrogens with zero attached hydrogens (tertiary/aromatic N) is 2. The van der Waals surface area contributed by atoms with Crippen LogP contribution in [-0.4, -0.2) is 63.0 Å². The number of guanidine groups is 1. The first-order chi connectivity index (χ1) is 14.7. The van der Waals surface area contributed by atoms with Crippen LogP contribution in [0.2, 0.25) is 0 Å². The summed E-state index contributed by atoms with van der Waals surface area (Å²) in [7, 11) is 0. The molecule has 2 aliphatic rings. The van der Waals surface area contributed by atoms with Crippen LogP contribution in [0.25, 0.3) is 0 Å². The van der Waals surface area contributed by atoms with Crippen LogP contribution in [0.15, 0.2) is 51.9 Å². The van der Waals surface area contributed by atoms with E-state index in [9.17, 15) is 4.79 Å². The molecular formula is C21H23BrN4O4. The molecule has 1 saturated heterocycles. The van der Waals surface area contributed by atoms with Crippen molar-refractivity contribution in [3.8, 4) is 11.5 Å². The topological polar surface area (TPSA) is 84.4 Å². The molecule has 8 nitrogen and oxygen atoms in total. The third kappa shape index (κ3) is 5.50. The lowest BCUT2D eigenvalue weighted by Crippen LogP contribution is -2.39. The van der Waals surface area contributed by atoms with Gasteiger partial charge in [0, 0.05) is 35.4 Å². The van der Waals surface area contributed by atoms with Gasteiger partial charge in [0.1, 0.15) is 0 Å². The van der Waals surface area contributed by atoms with E-state index < -0.39 is 0 Å². The molecule has 1 fully saturated rings. The van der Waals surface area contributed by atoms with Crippen LogP contribution in [0.1, 0.15) is 10.4 Å². The van der Waals surface area contributed by atoms with Crippen LogP contribution < -0.4 is 20.1 Å². The molecule has 9 heteroatoms. The highest BCUT2D eigenvalue weighted by Crippen LogP contribution is 2.32. The summed E-state index contributed by atoms with van der Waals surface area (Å²) < 4.78 is 17.0. The zero-order valence-electron chi connectivity index (χ0n) is 16.4. The Morgan fingerprint density at radius 3 is 2.77 bits per heavy atom. The maximum absolute atomic E-state index is 12.8. The number of anilines is 1. The number of morpholine rings is 1. The van der Waals surface area contributed by atoms with E-state index in [1.54, 1.807) is 18.2 Å². The molecule has 4 rings (SSSR count). The number of hydrogen-bond donors (Lipinski definition) is 2. The molecule has 2 aliphatic heterocycles. The molecule has 2 aromatic carbocycles. The number of rotatable bonds is 5. The Kier molecular flexibility index (Phi) is 6.83. The van der Waals surface area contributed by atoms with Gasteiger partial charge in [0.2, 0.25) is 12.8 Å². The summed E-state index contributed by atoms with van der Waals surface area (Å²) in [4.78, 5) is 19.7. The van der Waals surface area contributed by atoms with E-state index in [4.69, 9.17) is 14.2 Å². The number of carbonyl (C=O) groups excluding carboxylic acids is 1. The number of hydrogen-bond acceptors (Lipinski definition) is 6. The molecule has 0 spiro atoms. The van der Waals surface area contributed by atoms with Crippen LogP contribution in [0.5, 0.6) is 11.5 Å². The lowest BCUT2D eigenvalue weighted by atomic mass is 10.2. The minimum atomic E-state index is -0.277. The highest BCUT2D eigenvalue weighted by Gasteiger charge is 2.17. The second-order valence-electron chi connectivity index (χ2n) is 6.84. The molecule has 30 heavy (non-hydrogen) atoms. The van der Waals surface area contributed by atoms with E-state index in [0.29, 0.717) is 29.6 Å². The van der Waals surface area contributed by atoms with Gasteiger partial charge < -0.3 is 19.5 Å². The number of ether oxygens (including phenoxy) is 3. The van der Waals surface area contributed by atoms with Gasteiger partial charge in [0.15, 0.2) is 11.5 Å². The average Bonchev–Trinajstić information content (AvgIpc) is 3.22. The van der Waals surface area contributed by atoms with E-state index in [1.807, 2.05) is 24.3 Å². The lowest BCUT2D eigenvalue weighted by molar-refractivity contribution is 0.0394. The van der Waals surface area contributed by atoms with Crippen LogP contribution in [0.3, 0.4) is 0 Å². The molecule has 0 aromatic heterocycles. The molecule has 0 atom stereocenters. The van der Waals surface area contributed by atoms with E-state index in [2.05, 4.69) is 36.5 Å². The van der Waals surface area contributed by atoms with Gasteiger partial charge in [0.25, 0.3) is 5.91 Å². The van der Waals surface area contributed by atoms with Crippen molar-refractivity contribution in [2.75, 3.05) is 51.5 Å². The standard InChI is InChI=1S/C21H23BrN4O4/c22-16-2-1-3-17(13-16)24-21(23-6-7-26-8-10-28-11-9-26)25-20(27)15-4-5-18-19(12-15)30-14-29-18/h1-5,12-13H,6-11,14H2,(H2,23,24,25,27). The van der Waals surface area contributed by atoms with Crippen molar-refractivity contribution >= 4 is 33.5 Å². The molecule has 158 valence electrons. The van der Waals surface area contributed by atoms with Crippen molar-refractivity contribution in [3.05, 3.63) is 52.5 Å². The van der Waals surface area contributed by atoms with Gasteiger partial charge in [-0.15, -0.1) is 0 Å². The van der Waals surface area contributed by atoms with Crippen molar-refractivity contribution < 1.29 is 19.0 Å². The number of halogens is 1. The molecule has 0 unspecified atom stereocenters. The SMILES string of the molecule is O=C(NC(=NCCN1CCOCC1)Nc1cccc(Br)c1)c1ccc2c(c1)OCO2. The Balaban J connectivity index is 1.45. The summed E-state index contributed by atoms with van der Waals surface area (Å²) in [6.45, 7) is 4.80.